The van der Waals surface area contributed by atoms with Gasteiger partial charge in [0.25, 0.3) is 0 Å². The summed E-state index contributed by atoms with van der Waals surface area (Å²) < 4.78 is 12.6. The van der Waals surface area contributed by atoms with Crippen LogP contribution in [0.1, 0.15) is 31.2 Å². The Morgan fingerprint density at radius 3 is 2.24 bits per heavy atom. The van der Waals surface area contributed by atoms with Gasteiger partial charge in [0, 0.05) is 19.2 Å². The number of rotatable bonds is 4. The van der Waals surface area contributed by atoms with Gasteiger partial charge in [-0.05, 0) is 24.3 Å². The molecule has 0 amide bonds. The second kappa shape index (κ2) is 5.02. The topological polar surface area (TPSA) is 62.1 Å². The van der Waals surface area contributed by atoms with Crippen molar-refractivity contribution in [1.29, 1.82) is 0 Å². The molecule has 0 aromatic carbocycles. The second-order valence-electron chi connectivity index (χ2n) is 5.80. The SMILES string of the molecule is COc1cc(C2(c3nncn3C)CC(C)C2)cc(OC)n1. The first-order chi connectivity index (χ1) is 10.1. The third kappa shape index (κ3) is 2.14. The molecule has 1 fully saturated rings. The molecular weight excluding hydrogens is 268 g/mol. The Morgan fingerprint density at radius 1 is 1.19 bits per heavy atom. The third-order valence-electron chi connectivity index (χ3n) is 4.28. The molecule has 0 radical (unpaired) electrons. The van der Waals surface area contributed by atoms with Crippen LogP contribution in [0.2, 0.25) is 0 Å². The number of aryl methyl sites for hydroxylation is 1. The largest absolute Gasteiger partial charge is 0.481 e. The van der Waals surface area contributed by atoms with Crippen molar-refractivity contribution in [3.8, 4) is 11.8 Å². The number of ether oxygens (including phenoxy) is 2. The minimum atomic E-state index is -0.131. The van der Waals surface area contributed by atoms with Gasteiger partial charge in [0.15, 0.2) is 0 Å². The molecule has 0 bridgehead atoms. The minimum Gasteiger partial charge on any atom is -0.481 e. The number of hydrogen-bond donors (Lipinski definition) is 0. The Morgan fingerprint density at radius 2 is 1.81 bits per heavy atom. The van der Waals surface area contributed by atoms with Gasteiger partial charge in [-0.1, -0.05) is 6.92 Å². The van der Waals surface area contributed by atoms with Crippen molar-refractivity contribution in [2.24, 2.45) is 13.0 Å². The molecular formula is C15H20N4O2. The number of hydrogen-bond acceptors (Lipinski definition) is 5. The molecule has 0 unspecified atom stereocenters. The fourth-order valence-electron chi connectivity index (χ4n) is 3.36. The monoisotopic (exact) mass is 288 g/mol. The van der Waals surface area contributed by atoms with Crippen LogP contribution >= 0.6 is 0 Å². The maximum atomic E-state index is 5.30. The van der Waals surface area contributed by atoms with Crippen molar-refractivity contribution in [2.75, 3.05) is 14.2 Å². The zero-order chi connectivity index (χ0) is 15.0. The number of aromatic nitrogens is 4. The number of nitrogens with zero attached hydrogens (tertiary/aromatic N) is 4. The summed E-state index contributed by atoms with van der Waals surface area (Å²) in [6.07, 6.45) is 3.82. The summed E-state index contributed by atoms with van der Waals surface area (Å²) in [5.74, 6) is 2.76. The van der Waals surface area contributed by atoms with Gasteiger partial charge in [-0.2, -0.15) is 4.98 Å². The normalized spacial score (nSPS) is 24.5. The quantitative estimate of drug-likeness (QED) is 0.860. The summed E-state index contributed by atoms with van der Waals surface area (Å²) in [6.45, 7) is 2.25. The smallest absolute Gasteiger partial charge is 0.216 e. The van der Waals surface area contributed by atoms with E-state index in [1.807, 2.05) is 23.7 Å². The second-order valence-corrected chi connectivity index (χ2v) is 5.80. The van der Waals surface area contributed by atoms with E-state index < -0.39 is 0 Å². The highest BCUT2D eigenvalue weighted by Gasteiger charge is 2.48. The molecule has 2 aromatic heterocycles. The summed E-state index contributed by atoms with van der Waals surface area (Å²) >= 11 is 0. The van der Waals surface area contributed by atoms with Gasteiger partial charge in [0.1, 0.15) is 12.2 Å². The van der Waals surface area contributed by atoms with Crippen molar-refractivity contribution in [3.63, 3.8) is 0 Å². The average molecular weight is 288 g/mol. The molecule has 1 aliphatic rings. The van der Waals surface area contributed by atoms with Crippen LogP contribution in [0.3, 0.4) is 0 Å². The first kappa shape index (κ1) is 13.9. The van der Waals surface area contributed by atoms with Crippen molar-refractivity contribution in [3.05, 3.63) is 29.8 Å². The van der Waals surface area contributed by atoms with E-state index in [4.69, 9.17) is 9.47 Å². The molecule has 21 heavy (non-hydrogen) atoms. The van der Waals surface area contributed by atoms with Crippen LogP contribution in [0.15, 0.2) is 18.5 Å². The highest BCUT2D eigenvalue weighted by atomic mass is 16.5. The van der Waals surface area contributed by atoms with Gasteiger partial charge in [0.05, 0.1) is 19.6 Å². The molecule has 0 spiro atoms. The minimum absolute atomic E-state index is 0.131. The van der Waals surface area contributed by atoms with E-state index in [1.165, 1.54) is 0 Å². The Kier molecular flexibility index (Phi) is 3.31. The van der Waals surface area contributed by atoms with E-state index in [1.54, 1.807) is 20.5 Å². The molecule has 1 aliphatic carbocycles. The van der Waals surface area contributed by atoms with Crippen LogP contribution in [0.25, 0.3) is 0 Å². The van der Waals surface area contributed by atoms with E-state index in [0.29, 0.717) is 17.7 Å². The van der Waals surface area contributed by atoms with Crippen molar-refractivity contribution in [2.45, 2.75) is 25.2 Å². The highest BCUT2D eigenvalue weighted by Crippen LogP contribution is 2.52. The maximum absolute atomic E-state index is 5.30. The fraction of sp³-hybridized carbons (Fsp3) is 0.533. The predicted octanol–water partition coefficient (Wildman–Crippen LogP) is 1.94. The molecule has 6 heteroatoms. The van der Waals surface area contributed by atoms with Crippen LogP contribution < -0.4 is 9.47 Å². The molecule has 6 nitrogen and oxygen atoms in total. The summed E-state index contributed by atoms with van der Waals surface area (Å²) in [5, 5.41) is 8.38. The molecule has 1 saturated carbocycles. The lowest BCUT2D eigenvalue weighted by molar-refractivity contribution is 0.184. The van der Waals surface area contributed by atoms with Crippen molar-refractivity contribution >= 4 is 0 Å². The zero-order valence-corrected chi connectivity index (χ0v) is 12.8. The Hall–Kier alpha value is -2.11. The molecule has 2 aromatic rings. The first-order valence-corrected chi connectivity index (χ1v) is 7.04. The predicted molar refractivity (Wildman–Crippen MR) is 77.5 cm³/mol. The van der Waals surface area contributed by atoms with Crippen molar-refractivity contribution < 1.29 is 9.47 Å². The lowest BCUT2D eigenvalue weighted by atomic mass is 9.58. The Labute approximate surface area is 124 Å². The molecule has 3 rings (SSSR count). The van der Waals surface area contributed by atoms with Gasteiger partial charge in [-0.25, -0.2) is 0 Å². The molecule has 2 heterocycles. The van der Waals surface area contributed by atoms with Crippen LogP contribution in [0.4, 0.5) is 0 Å². The molecule has 112 valence electrons. The number of methoxy groups -OCH3 is 2. The van der Waals surface area contributed by atoms with Gasteiger partial charge in [-0.3, -0.25) is 0 Å². The van der Waals surface area contributed by atoms with E-state index in [-0.39, 0.29) is 5.41 Å². The molecule has 0 atom stereocenters. The molecule has 0 saturated heterocycles. The maximum Gasteiger partial charge on any atom is 0.216 e. The van der Waals surface area contributed by atoms with E-state index in [2.05, 4.69) is 22.1 Å². The lowest BCUT2D eigenvalue weighted by Gasteiger charge is -2.46. The zero-order valence-electron chi connectivity index (χ0n) is 12.8. The lowest BCUT2D eigenvalue weighted by Crippen LogP contribution is -2.43. The molecule has 0 aliphatic heterocycles. The summed E-state index contributed by atoms with van der Waals surface area (Å²) in [6, 6.07) is 3.95. The Bertz CT molecular complexity index is 625. The highest BCUT2D eigenvalue weighted by molar-refractivity contribution is 5.41. The Balaban J connectivity index is 2.12. The number of pyridine rings is 1. The van der Waals surface area contributed by atoms with Crippen LogP contribution in [0, 0.1) is 5.92 Å². The van der Waals surface area contributed by atoms with Crippen LogP contribution in [-0.2, 0) is 12.5 Å². The third-order valence-corrected chi connectivity index (χ3v) is 4.28. The van der Waals surface area contributed by atoms with Gasteiger partial charge < -0.3 is 14.0 Å². The van der Waals surface area contributed by atoms with Crippen LogP contribution in [-0.4, -0.2) is 34.0 Å². The van der Waals surface area contributed by atoms with E-state index >= 15 is 0 Å². The summed E-state index contributed by atoms with van der Waals surface area (Å²) in [4.78, 5) is 4.28. The summed E-state index contributed by atoms with van der Waals surface area (Å²) in [7, 11) is 5.21. The van der Waals surface area contributed by atoms with E-state index in [0.717, 1.165) is 24.2 Å². The van der Waals surface area contributed by atoms with Gasteiger partial charge >= 0.3 is 0 Å². The molecule has 0 N–H and O–H groups in total. The van der Waals surface area contributed by atoms with Crippen molar-refractivity contribution in [1.82, 2.24) is 19.7 Å². The van der Waals surface area contributed by atoms with Crippen LogP contribution in [0.5, 0.6) is 11.8 Å². The van der Waals surface area contributed by atoms with Gasteiger partial charge in [0.2, 0.25) is 11.8 Å². The summed E-state index contributed by atoms with van der Waals surface area (Å²) in [5.41, 5.74) is 0.995. The van der Waals surface area contributed by atoms with E-state index in [9.17, 15) is 0 Å². The standard InChI is InChI=1S/C15H20N4O2/c1-10-7-15(8-10,14-18-16-9-19(14)2)11-5-12(20-3)17-13(6-11)21-4/h5-6,9-10H,7-8H2,1-4H3. The average Bonchev–Trinajstić information content (AvgIpc) is 2.89. The fourth-order valence-corrected chi connectivity index (χ4v) is 3.36. The first-order valence-electron chi connectivity index (χ1n) is 7.04. The van der Waals surface area contributed by atoms with Gasteiger partial charge in [-0.15, -0.1) is 10.2 Å².